The van der Waals surface area contributed by atoms with Crippen molar-refractivity contribution < 1.29 is 0 Å². The summed E-state index contributed by atoms with van der Waals surface area (Å²) >= 11 is 1.76. The molecule has 0 aliphatic rings. The molecule has 6 heteroatoms. The number of aryl methyl sites for hydroxylation is 1. The fraction of sp³-hybridized carbons (Fsp3) is 0.200. The second-order valence-corrected chi connectivity index (χ2v) is 6.02. The van der Waals surface area contributed by atoms with Crippen LogP contribution in [0.2, 0.25) is 0 Å². The SMILES string of the molecule is CCc1ccc(CNc2nc3ccc(N)cc3c(=O)[nH]2)s1. The van der Waals surface area contributed by atoms with E-state index in [-0.39, 0.29) is 5.56 Å². The second-order valence-electron chi connectivity index (χ2n) is 4.77. The highest BCUT2D eigenvalue weighted by atomic mass is 32.1. The van der Waals surface area contributed by atoms with Gasteiger partial charge in [-0.15, -0.1) is 11.3 Å². The molecule has 0 saturated heterocycles. The molecule has 0 atom stereocenters. The van der Waals surface area contributed by atoms with Crippen LogP contribution in [0.3, 0.4) is 0 Å². The van der Waals surface area contributed by atoms with Gasteiger partial charge in [0.25, 0.3) is 5.56 Å². The van der Waals surface area contributed by atoms with E-state index in [1.807, 2.05) is 0 Å². The Bertz CT molecular complexity index is 837. The maximum absolute atomic E-state index is 12.0. The summed E-state index contributed by atoms with van der Waals surface area (Å²) < 4.78 is 0. The van der Waals surface area contributed by atoms with Crippen LogP contribution >= 0.6 is 11.3 Å². The predicted molar refractivity (Wildman–Crippen MR) is 87.8 cm³/mol. The van der Waals surface area contributed by atoms with Gasteiger partial charge in [-0.1, -0.05) is 6.92 Å². The molecule has 1 aromatic carbocycles. The van der Waals surface area contributed by atoms with Crippen molar-refractivity contribution in [3.8, 4) is 0 Å². The number of hydrogen-bond acceptors (Lipinski definition) is 5. The molecule has 108 valence electrons. The number of aromatic amines is 1. The summed E-state index contributed by atoms with van der Waals surface area (Å²) in [6.45, 7) is 2.78. The number of hydrogen-bond donors (Lipinski definition) is 3. The largest absolute Gasteiger partial charge is 0.399 e. The summed E-state index contributed by atoms with van der Waals surface area (Å²) in [7, 11) is 0. The Morgan fingerprint density at radius 1 is 1.29 bits per heavy atom. The van der Waals surface area contributed by atoms with Gasteiger partial charge in [-0.05, 0) is 36.8 Å². The van der Waals surface area contributed by atoms with Crippen molar-refractivity contribution in [2.75, 3.05) is 11.1 Å². The van der Waals surface area contributed by atoms with E-state index >= 15 is 0 Å². The van der Waals surface area contributed by atoms with Crippen molar-refractivity contribution in [1.29, 1.82) is 0 Å². The molecule has 0 aliphatic heterocycles. The van der Waals surface area contributed by atoms with E-state index in [0.29, 0.717) is 29.1 Å². The van der Waals surface area contributed by atoms with Crippen molar-refractivity contribution in [3.05, 3.63) is 50.4 Å². The third-order valence-electron chi connectivity index (χ3n) is 3.23. The lowest BCUT2D eigenvalue weighted by Crippen LogP contribution is -2.13. The van der Waals surface area contributed by atoms with Crippen LogP contribution < -0.4 is 16.6 Å². The molecule has 3 aromatic rings. The lowest BCUT2D eigenvalue weighted by molar-refractivity contribution is 1.07. The molecule has 0 radical (unpaired) electrons. The summed E-state index contributed by atoms with van der Waals surface area (Å²) in [5.41, 5.74) is 6.69. The zero-order chi connectivity index (χ0) is 14.8. The van der Waals surface area contributed by atoms with E-state index in [1.54, 1.807) is 29.5 Å². The number of anilines is 2. The minimum Gasteiger partial charge on any atom is -0.399 e. The molecule has 2 heterocycles. The first kappa shape index (κ1) is 13.6. The standard InChI is InChI=1S/C15H16N4OS/c1-2-10-4-5-11(21-10)8-17-15-18-13-6-3-9(16)7-12(13)14(20)19-15/h3-7H,2,8,16H2,1H3,(H2,17,18,19,20). The van der Waals surface area contributed by atoms with Crippen LogP contribution in [0, 0.1) is 0 Å². The van der Waals surface area contributed by atoms with E-state index in [1.165, 1.54) is 9.75 Å². The number of aromatic nitrogens is 2. The Hall–Kier alpha value is -2.34. The number of thiophene rings is 1. The van der Waals surface area contributed by atoms with Gasteiger partial charge in [0.2, 0.25) is 5.95 Å². The molecular weight excluding hydrogens is 284 g/mol. The van der Waals surface area contributed by atoms with E-state index < -0.39 is 0 Å². The highest BCUT2D eigenvalue weighted by Crippen LogP contribution is 2.18. The van der Waals surface area contributed by atoms with Gasteiger partial charge >= 0.3 is 0 Å². The number of nitrogens with zero attached hydrogens (tertiary/aromatic N) is 1. The summed E-state index contributed by atoms with van der Waals surface area (Å²) in [6.07, 6.45) is 1.04. The Labute approximate surface area is 125 Å². The number of nitrogens with two attached hydrogens (primary N) is 1. The van der Waals surface area contributed by atoms with E-state index in [2.05, 4.69) is 34.3 Å². The molecule has 2 aromatic heterocycles. The molecule has 0 unspecified atom stereocenters. The molecule has 0 bridgehead atoms. The Morgan fingerprint density at radius 3 is 2.86 bits per heavy atom. The van der Waals surface area contributed by atoms with Crippen LogP contribution in [0.4, 0.5) is 11.6 Å². The van der Waals surface area contributed by atoms with Gasteiger partial charge in [-0.3, -0.25) is 9.78 Å². The Morgan fingerprint density at radius 2 is 2.10 bits per heavy atom. The van der Waals surface area contributed by atoms with Crippen LogP contribution in [0.25, 0.3) is 10.9 Å². The average molecular weight is 300 g/mol. The van der Waals surface area contributed by atoms with Crippen molar-refractivity contribution in [1.82, 2.24) is 9.97 Å². The molecule has 4 N–H and O–H groups in total. The van der Waals surface area contributed by atoms with E-state index in [9.17, 15) is 4.79 Å². The Balaban J connectivity index is 1.84. The van der Waals surface area contributed by atoms with Crippen molar-refractivity contribution in [2.24, 2.45) is 0 Å². The number of H-pyrrole nitrogens is 1. The molecule has 3 rings (SSSR count). The number of benzene rings is 1. The summed E-state index contributed by atoms with van der Waals surface area (Å²) in [5, 5.41) is 3.66. The number of rotatable bonds is 4. The minimum absolute atomic E-state index is 0.185. The van der Waals surface area contributed by atoms with Crippen LogP contribution in [0.15, 0.2) is 35.1 Å². The fourth-order valence-corrected chi connectivity index (χ4v) is 3.02. The first-order valence-electron chi connectivity index (χ1n) is 6.76. The fourth-order valence-electron chi connectivity index (χ4n) is 2.12. The zero-order valence-electron chi connectivity index (χ0n) is 11.6. The van der Waals surface area contributed by atoms with Crippen molar-refractivity contribution in [2.45, 2.75) is 19.9 Å². The van der Waals surface area contributed by atoms with E-state index in [0.717, 1.165) is 6.42 Å². The normalized spacial score (nSPS) is 10.9. The first-order chi connectivity index (χ1) is 10.2. The average Bonchev–Trinajstić information content (AvgIpc) is 2.94. The number of nitrogen functional groups attached to an aromatic ring is 1. The number of fused-ring (bicyclic) bond motifs is 1. The van der Waals surface area contributed by atoms with E-state index in [4.69, 9.17) is 5.73 Å². The first-order valence-corrected chi connectivity index (χ1v) is 7.58. The van der Waals surface area contributed by atoms with Crippen LogP contribution in [0.1, 0.15) is 16.7 Å². The lowest BCUT2D eigenvalue weighted by atomic mass is 10.2. The summed E-state index contributed by atoms with van der Waals surface area (Å²) in [4.78, 5) is 21.7. The summed E-state index contributed by atoms with van der Waals surface area (Å²) in [6, 6.07) is 9.35. The molecular formula is C15H16N4OS. The van der Waals surface area contributed by atoms with Crippen LogP contribution in [-0.2, 0) is 13.0 Å². The van der Waals surface area contributed by atoms with Gasteiger partial charge in [0.15, 0.2) is 0 Å². The van der Waals surface area contributed by atoms with Crippen LogP contribution in [-0.4, -0.2) is 9.97 Å². The third kappa shape index (κ3) is 2.90. The van der Waals surface area contributed by atoms with Crippen molar-refractivity contribution >= 4 is 33.9 Å². The zero-order valence-corrected chi connectivity index (χ0v) is 12.5. The number of nitrogens with one attached hydrogen (secondary N) is 2. The molecule has 0 aliphatic carbocycles. The molecule has 0 fully saturated rings. The molecule has 0 spiro atoms. The topological polar surface area (TPSA) is 83.8 Å². The maximum Gasteiger partial charge on any atom is 0.260 e. The highest BCUT2D eigenvalue weighted by Gasteiger charge is 2.05. The van der Waals surface area contributed by atoms with Gasteiger partial charge in [-0.2, -0.15) is 0 Å². The molecule has 5 nitrogen and oxygen atoms in total. The molecule has 0 amide bonds. The second kappa shape index (κ2) is 5.57. The summed E-state index contributed by atoms with van der Waals surface area (Å²) in [5.74, 6) is 0.476. The van der Waals surface area contributed by atoms with Gasteiger partial charge in [0.05, 0.1) is 17.4 Å². The van der Waals surface area contributed by atoms with Gasteiger partial charge < -0.3 is 11.1 Å². The van der Waals surface area contributed by atoms with Crippen molar-refractivity contribution in [3.63, 3.8) is 0 Å². The molecule has 0 saturated carbocycles. The Kier molecular flexibility index (Phi) is 3.62. The minimum atomic E-state index is -0.185. The smallest absolute Gasteiger partial charge is 0.260 e. The lowest BCUT2D eigenvalue weighted by Gasteiger charge is -2.05. The predicted octanol–water partition coefficient (Wildman–Crippen LogP) is 2.74. The molecule has 21 heavy (non-hydrogen) atoms. The van der Waals surface area contributed by atoms with Gasteiger partial charge in [-0.25, -0.2) is 4.98 Å². The maximum atomic E-state index is 12.0. The quantitative estimate of drug-likeness (QED) is 0.647. The third-order valence-corrected chi connectivity index (χ3v) is 4.45. The van der Waals surface area contributed by atoms with Gasteiger partial charge in [0, 0.05) is 15.4 Å². The highest BCUT2D eigenvalue weighted by molar-refractivity contribution is 7.12. The van der Waals surface area contributed by atoms with Crippen LogP contribution in [0.5, 0.6) is 0 Å². The monoisotopic (exact) mass is 300 g/mol. The van der Waals surface area contributed by atoms with Gasteiger partial charge in [0.1, 0.15) is 0 Å².